The van der Waals surface area contributed by atoms with Gasteiger partial charge in [-0.15, -0.1) is 0 Å². The Morgan fingerprint density at radius 1 is 1.17 bits per heavy atom. The van der Waals surface area contributed by atoms with Crippen LogP contribution in [-0.4, -0.2) is 28.0 Å². The molecule has 3 nitrogen and oxygen atoms in total. The van der Waals surface area contributed by atoms with Gasteiger partial charge in [0.05, 0.1) is 11.0 Å². The quantitative estimate of drug-likeness (QED) is 0.743. The summed E-state index contributed by atoms with van der Waals surface area (Å²) in [6.07, 6.45) is 3.32. The standard InChI is InChI=1S/C20H20ClN3/c1-14-3-2-4-18-19(14)23-20(22-18)16-9-11-24(12-10-16)13-15-5-7-17(21)8-6-15/h2-9H,10-13H2,1H3,(H,22,23). The van der Waals surface area contributed by atoms with Crippen LogP contribution in [0.2, 0.25) is 5.02 Å². The molecule has 0 spiro atoms. The normalized spacial score (nSPS) is 15.7. The molecule has 3 aromatic rings. The summed E-state index contributed by atoms with van der Waals surface area (Å²) in [6.45, 7) is 5.06. The van der Waals surface area contributed by atoms with E-state index in [1.165, 1.54) is 16.7 Å². The summed E-state index contributed by atoms with van der Waals surface area (Å²) >= 11 is 5.95. The molecule has 0 amide bonds. The summed E-state index contributed by atoms with van der Waals surface area (Å²) in [4.78, 5) is 10.7. The summed E-state index contributed by atoms with van der Waals surface area (Å²) < 4.78 is 0. The lowest BCUT2D eigenvalue weighted by Crippen LogP contribution is -2.28. The van der Waals surface area contributed by atoms with Crippen LogP contribution in [-0.2, 0) is 6.54 Å². The first kappa shape index (κ1) is 15.4. The third-order valence-corrected chi connectivity index (χ3v) is 4.88. The molecule has 2 heterocycles. The number of fused-ring (bicyclic) bond motifs is 1. The summed E-state index contributed by atoms with van der Waals surface area (Å²) in [5.41, 5.74) is 6.04. The van der Waals surface area contributed by atoms with Gasteiger partial charge >= 0.3 is 0 Å². The van der Waals surface area contributed by atoms with Crippen molar-refractivity contribution in [3.8, 4) is 0 Å². The average Bonchev–Trinajstić information content (AvgIpc) is 3.03. The monoisotopic (exact) mass is 337 g/mol. The number of rotatable bonds is 3. The molecule has 1 aromatic heterocycles. The third kappa shape index (κ3) is 3.10. The van der Waals surface area contributed by atoms with Crippen molar-refractivity contribution in [3.63, 3.8) is 0 Å². The number of aryl methyl sites for hydroxylation is 1. The van der Waals surface area contributed by atoms with Crippen molar-refractivity contribution < 1.29 is 0 Å². The van der Waals surface area contributed by atoms with E-state index in [1.54, 1.807) is 0 Å². The van der Waals surface area contributed by atoms with Crippen LogP contribution < -0.4 is 0 Å². The highest BCUT2D eigenvalue weighted by atomic mass is 35.5. The average molecular weight is 338 g/mol. The zero-order valence-electron chi connectivity index (χ0n) is 13.7. The molecule has 0 saturated carbocycles. The van der Waals surface area contributed by atoms with Crippen molar-refractivity contribution >= 4 is 28.2 Å². The molecule has 1 aliphatic heterocycles. The topological polar surface area (TPSA) is 31.9 Å². The maximum absolute atomic E-state index is 5.95. The Balaban J connectivity index is 1.49. The zero-order valence-corrected chi connectivity index (χ0v) is 14.5. The van der Waals surface area contributed by atoms with Gasteiger partial charge in [-0.2, -0.15) is 0 Å². The summed E-state index contributed by atoms with van der Waals surface area (Å²) in [5, 5.41) is 0.791. The molecule has 4 heteroatoms. The largest absolute Gasteiger partial charge is 0.338 e. The number of aromatic amines is 1. The van der Waals surface area contributed by atoms with Crippen LogP contribution in [0.4, 0.5) is 0 Å². The number of halogens is 1. The third-order valence-electron chi connectivity index (χ3n) is 4.63. The molecule has 0 fully saturated rings. The van der Waals surface area contributed by atoms with Gasteiger partial charge in [-0.1, -0.05) is 41.9 Å². The summed E-state index contributed by atoms with van der Waals surface area (Å²) in [6, 6.07) is 14.4. The molecular formula is C20H20ClN3. The van der Waals surface area contributed by atoms with Gasteiger partial charge < -0.3 is 4.98 Å². The van der Waals surface area contributed by atoms with Crippen LogP contribution in [0, 0.1) is 6.92 Å². The number of para-hydroxylation sites is 1. The highest BCUT2D eigenvalue weighted by molar-refractivity contribution is 6.30. The van der Waals surface area contributed by atoms with Crippen LogP contribution in [0.5, 0.6) is 0 Å². The summed E-state index contributed by atoms with van der Waals surface area (Å²) in [5.74, 6) is 1.02. The number of hydrogen-bond donors (Lipinski definition) is 1. The zero-order chi connectivity index (χ0) is 16.5. The van der Waals surface area contributed by atoms with E-state index in [2.05, 4.69) is 53.2 Å². The number of nitrogens with zero attached hydrogens (tertiary/aromatic N) is 2. The maximum Gasteiger partial charge on any atom is 0.134 e. The molecule has 0 bridgehead atoms. The number of imidazole rings is 1. The van der Waals surface area contributed by atoms with Gasteiger partial charge in [-0.25, -0.2) is 4.98 Å². The predicted molar refractivity (Wildman–Crippen MR) is 100 cm³/mol. The molecule has 1 N–H and O–H groups in total. The van der Waals surface area contributed by atoms with Gasteiger partial charge in [-0.05, 0) is 48.2 Å². The molecule has 0 saturated heterocycles. The Hall–Kier alpha value is -2.10. The van der Waals surface area contributed by atoms with Crippen molar-refractivity contribution in [3.05, 3.63) is 70.5 Å². The molecule has 2 aromatic carbocycles. The van der Waals surface area contributed by atoms with Gasteiger partial charge in [0.2, 0.25) is 0 Å². The van der Waals surface area contributed by atoms with Crippen LogP contribution in [0.25, 0.3) is 16.6 Å². The Bertz CT molecular complexity index is 893. The van der Waals surface area contributed by atoms with E-state index < -0.39 is 0 Å². The van der Waals surface area contributed by atoms with Crippen molar-refractivity contribution in [2.24, 2.45) is 0 Å². The van der Waals surface area contributed by atoms with E-state index in [9.17, 15) is 0 Å². The van der Waals surface area contributed by atoms with Crippen LogP contribution in [0.15, 0.2) is 48.5 Å². The fourth-order valence-electron chi connectivity index (χ4n) is 3.25. The van der Waals surface area contributed by atoms with Gasteiger partial charge in [0, 0.05) is 24.7 Å². The number of aromatic nitrogens is 2. The van der Waals surface area contributed by atoms with Crippen molar-refractivity contribution in [2.75, 3.05) is 13.1 Å². The van der Waals surface area contributed by atoms with E-state index in [1.807, 2.05) is 12.1 Å². The number of nitrogens with one attached hydrogen (secondary N) is 1. The van der Waals surface area contributed by atoms with E-state index >= 15 is 0 Å². The van der Waals surface area contributed by atoms with E-state index in [0.29, 0.717) is 0 Å². The predicted octanol–water partition coefficient (Wildman–Crippen LogP) is 4.81. The molecule has 0 radical (unpaired) electrons. The van der Waals surface area contributed by atoms with Gasteiger partial charge in [0.25, 0.3) is 0 Å². The second-order valence-corrected chi connectivity index (χ2v) is 6.83. The first-order chi connectivity index (χ1) is 11.7. The second kappa shape index (κ2) is 6.42. The minimum Gasteiger partial charge on any atom is -0.338 e. The Morgan fingerprint density at radius 3 is 2.71 bits per heavy atom. The second-order valence-electron chi connectivity index (χ2n) is 6.40. The SMILES string of the molecule is Cc1cccc2[nH]c(C3=CCN(Cc4ccc(Cl)cc4)CC3)nc12. The lowest BCUT2D eigenvalue weighted by Gasteiger charge is -2.25. The lowest BCUT2D eigenvalue weighted by molar-refractivity contribution is 0.293. The molecule has 1 aliphatic rings. The fraction of sp³-hybridized carbons (Fsp3) is 0.250. The van der Waals surface area contributed by atoms with Gasteiger partial charge in [0.15, 0.2) is 0 Å². The first-order valence-electron chi connectivity index (χ1n) is 8.30. The molecular weight excluding hydrogens is 318 g/mol. The smallest absolute Gasteiger partial charge is 0.134 e. The van der Waals surface area contributed by atoms with Crippen LogP contribution >= 0.6 is 11.6 Å². The Morgan fingerprint density at radius 2 is 2.00 bits per heavy atom. The maximum atomic E-state index is 5.95. The van der Waals surface area contributed by atoms with Gasteiger partial charge in [-0.3, -0.25) is 4.90 Å². The van der Waals surface area contributed by atoms with Gasteiger partial charge in [0.1, 0.15) is 5.82 Å². The Labute approximate surface area is 147 Å². The highest BCUT2D eigenvalue weighted by Gasteiger charge is 2.16. The van der Waals surface area contributed by atoms with Crippen molar-refractivity contribution in [2.45, 2.75) is 19.9 Å². The minimum absolute atomic E-state index is 0.791. The first-order valence-corrected chi connectivity index (χ1v) is 8.68. The molecule has 0 unspecified atom stereocenters. The fourth-order valence-corrected chi connectivity index (χ4v) is 3.37. The van der Waals surface area contributed by atoms with Crippen molar-refractivity contribution in [1.29, 1.82) is 0 Å². The highest BCUT2D eigenvalue weighted by Crippen LogP contribution is 2.25. The molecule has 0 aliphatic carbocycles. The minimum atomic E-state index is 0.791. The number of H-pyrrole nitrogens is 1. The number of benzene rings is 2. The molecule has 122 valence electrons. The molecule has 24 heavy (non-hydrogen) atoms. The summed E-state index contributed by atoms with van der Waals surface area (Å²) in [7, 11) is 0. The van der Waals surface area contributed by atoms with E-state index in [-0.39, 0.29) is 0 Å². The molecule has 0 atom stereocenters. The Kier molecular flexibility index (Phi) is 4.13. The van der Waals surface area contributed by atoms with E-state index in [0.717, 1.165) is 47.9 Å². The lowest BCUT2D eigenvalue weighted by atomic mass is 10.1. The van der Waals surface area contributed by atoms with Crippen LogP contribution in [0.3, 0.4) is 0 Å². The van der Waals surface area contributed by atoms with E-state index in [4.69, 9.17) is 16.6 Å². The van der Waals surface area contributed by atoms with Crippen LogP contribution in [0.1, 0.15) is 23.4 Å². The van der Waals surface area contributed by atoms with Crippen molar-refractivity contribution in [1.82, 2.24) is 14.9 Å². The molecule has 4 rings (SSSR count). The number of hydrogen-bond acceptors (Lipinski definition) is 2.